The van der Waals surface area contributed by atoms with E-state index in [4.69, 9.17) is 11.6 Å². The van der Waals surface area contributed by atoms with Crippen molar-refractivity contribution in [2.45, 2.75) is 45.7 Å². The molecule has 1 aliphatic carbocycles. The van der Waals surface area contributed by atoms with Crippen LogP contribution in [0.25, 0.3) is 0 Å². The van der Waals surface area contributed by atoms with E-state index in [1.54, 1.807) is 0 Å². The highest BCUT2D eigenvalue weighted by atomic mass is 35.5. The summed E-state index contributed by atoms with van der Waals surface area (Å²) >= 11 is 5.81. The lowest BCUT2D eigenvalue weighted by atomic mass is 9.92. The number of hydrogen-bond acceptors (Lipinski definition) is 1. The van der Waals surface area contributed by atoms with Gasteiger partial charge in [-0.2, -0.15) is 0 Å². The molecule has 0 aromatic heterocycles. The lowest BCUT2D eigenvalue weighted by molar-refractivity contribution is 0.235. The van der Waals surface area contributed by atoms with Crippen molar-refractivity contribution in [2.75, 3.05) is 0 Å². The Hall–Kier alpha value is -1.22. The van der Waals surface area contributed by atoms with Crippen molar-refractivity contribution in [1.29, 1.82) is 0 Å². The molecule has 1 aromatic carbocycles. The van der Waals surface area contributed by atoms with E-state index in [0.29, 0.717) is 23.0 Å². The Bertz CT molecular complexity index is 442. The van der Waals surface area contributed by atoms with Crippen LogP contribution in [0.2, 0.25) is 5.02 Å². The number of amides is 2. The summed E-state index contributed by atoms with van der Waals surface area (Å²) in [5.41, 5.74) is 1.40. The summed E-state index contributed by atoms with van der Waals surface area (Å²) in [4.78, 5) is 11.8. The molecule has 0 heterocycles. The summed E-state index contributed by atoms with van der Waals surface area (Å²) in [7, 11) is 0. The van der Waals surface area contributed by atoms with Crippen LogP contribution < -0.4 is 10.6 Å². The molecule has 1 saturated carbocycles. The van der Waals surface area contributed by atoms with Gasteiger partial charge in [-0.15, -0.1) is 0 Å². The van der Waals surface area contributed by atoms with Crippen LogP contribution in [-0.4, -0.2) is 12.1 Å². The minimum atomic E-state index is -0.0855. The third-order valence-corrected chi connectivity index (χ3v) is 3.92. The maximum Gasteiger partial charge on any atom is 0.315 e. The number of halogens is 1. The summed E-state index contributed by atoms with van der Waals surface area (Å²) in [5, 5.41) is 6.63. The Morgan fingerprint density at radius 1 is 1.37 bits per heavy atom. The van der Waals surface area contributed by atoms with Crippen molar-refractivity contribution in [1.82, 2.24) is 10.6 Å². The fraction of sp³-hybridized carbons (Fsp3) is 0.533. The lowest BCUT2D eigenvalue weighted by Crippen LogP contribution is -2.40. The molecule has 0 saturated heterocycles. The Kier molecular flexibility index (Phi) is 4.35. The molecule has 1 aromatic rings. The number of carbonyl (C=O) groups is 1. The normalized spacial score (nSPS) is 21.1. The molecular formula is C15H21ClN2O. The number of urea groups is 1. The molecule has 1 atom stereocenters. The average molecular weight is 281 g/mol. The van der Waals surface area contributed by atoms with Crippen LogP contribution in [0.15, 0.2) is 24.3 Å². The van der Waals surface area contributed by atoms with Gasteiger partial charge in [0.1, 0.15) is 0 Å². The fourth-order valence-corrected chi connectivity index (χ4v) is 2.71. The van der Waals surface area contributed by atoms with E-state index in [1.165, 1.54) is 6.42 Å². The molecule has 2 N–H and O–H groups in total. The number of benzene rings is 1. The van der Waals surface area contributed by atoms with Crippen molar-refractivity contribution in [3.8, 4) is 0 Å². The van der Waals surface area contributed by atoms with Crippen LogP contribution in [0.1, 0.15) is 38.7 Å². The standard InChI is InChI=1S/C15H21ClN2O/c1-15(2)8-7-13(9-15)18-14(19)17-10-11-3-5-12(16)6-4-11/h3-6,13H,7-10H2,1-2H3,(H2,17,18,19). The van der Waals surface area contributed by atoms with Crippen LogP contribution in [0.5, 0.6) is 0 Å². The lowest BCUT2D eigenvalue weighted by Gasteiger charge is -2.18. The zero-order valence-electron chi connectivity index (χ0n) is 11.5. The first-order valence-electron chi connectivity index (χ1n) is 6.73. The minimum Gasteiger partial charge on any atom is -0.335 e. The summed E-state index contributed by atoms with van der Waals surface area (Å²) in [6.45, 7) is 5.03. The van der Waals surface area contributed by atoms with Gasteiger partial charge in [0.25, 0.3) is 0 Å². The van der Waals surface area contributed by atoms with Gasteiger partial charge in [-0.3, -0.25) is 0 Å². The number of rotatable bonds is 3. The molecule has 2 amide bonds. The van der Waals surface area contributed by atoms with Crippen LogP contribution in [0.3, 0.4) is 0 Å². The van der Waals surface area contributed by atoms with Crippen molar-refractivity contribution < 1.29 is 4.79 Å². The average Bonchev–Trinajstić information content (AvgIpc) is 2.68. The summed E-state index contributed by atoms with van der Waals surface area (Å²) in [6, 6.07) is 7.71. The van der Waals surface area contributed by atoms with E-state index < -0.39 is 0 Å². The third-order valence-electron chi connectivity index (χ3n) is 3.67. The summed E-state index contributed by atoms with van der Waals surface area (Å²) < 4.78 is 0. The first-order chi connectivity index (χ1) is 8.94. The van der Waals surface area contributed by atoms with E-state index in [1.807, 2.05) is 24.3 Å². The highest BCUT2D eigenvalue weighted by Crippen LogP contribution is 2.36. The number of hydrogen-bond donors (Lipinski definition) is 2. The van der Waals surface area contributed by atoms with Gasteiger partial charge < -0.3 is 10.6 Å². The smallest absolute Gasteiger partial charge is 0.315 e. The van der Waals surface area contributed by atoms with E-state index in [2.05, 4.69) is 24.5 Å². The maximum absolute atomic E-state index is 11.8. The minimum absolute atomic E-state index is 0.0855. The zero-order valence-corrected chi connectivity index (χ0v) is 12.3. The molecule has 4 heteroatoms. The highest BCUT2D eigenvalue weighted by Gasteiger charge is 2.31. The van der Waals surface area contributed by atoms with Gasteiger partial charge in [0.05, 0.1) is 0 Å². The summed E-state index contributed by atoms with van der Waals surface area (Å²) in [5.74, 6) is 0. The maximum atomic E-state index is 11.8. The highest BCUT2D eigenvalue weighted by molar-refractivity contribution is 6.30. The molecule has 2 rings (SSSR count). The van der Waals surface area contributed by atoms with Crippen molar-refractivity contribution >= 4 is 17.6 Å². The molecule has 0 radical (unpaired) electrons. The third kappa shape index (κ3) is 4.43. The van der Waals surface area contributed by atoms with Crippen LogP contribution in [0.4, 0.5) is 4.79 Å². The van der Waals surface area contributed by atoms with Crippen molar-refractivity contribution in [3.63, 3.8) is 0 Å². The second-order valence-electron chi connectivity index (χ2n) is 6.06. The van der Waals surface area contributed by atoms with Crippen LogP contribution >= 0.6 is 11.6 Å². The van der Waals surface area contributed by atoms with E-state index in [0.717, 1.165) is 18.4 Å². The molecule has 1 fully saturated rings. The van der Waals surface area contributed by atoms with E-state index in [9.17, 15) is 4.79 Å². The predicted molar refractivity (Wildman–Crippen MR) is 78.2 cm³/mol. The summed E-state index contributed by atoms with van der Waals surface area (Å²) in [6.07, 6.45) is 3.30. The quantitative estimate of drug-likeness (QED) is 0.870. The second-order valence-corrected chi connectivity index (χ2v) is 6.49. The van der Waals surface area contributed by atoms with Crippen molar-refractivity contribution in [3.05, 3.63) is 34.9 Å². The van der Waals surface area contributed by atoms with E-state index >= 15 is 0 Å². The first-order valence-corrected chi connectivity index (χ1v) is 7.11. The zero-order chi connectivity index (χ0) is 13.9. The van der Waals surface area contributed by atoms with Crippen LogP contribution in [-0.2, 0) is 6.54 Å². The largest absolute Gasteiger partial charge is 0.335 e. The Morgan fingerprint density at radius 2 is 2.05 bits per heavy atom. The Labute approximate surface area is 119 Å². The first kappa shape index (κ1) is 14.2. The molecule has 104 valence electrons. The number of nitrogens with one attached hydrogen (secondary N) is 2. The Morgan fingerprint density at radius 3 is 2.63 bits per heavy atom. The molecule has 0 bridgehead atoms. The molecule has 1 aliphatic rings. The van der Waals surface area contributed by atoms with Gasteiger partial charge >= 0.3 is 6.03 Å². The van der Waals surface area contributed by atoms with Gasteiger partial charge in [0.15, 0.2) is 0 Å². The van der Waals surface area contributed by atoms with Gasteiger partial charge in [0, 0.05) is 17.6 Å². The molecule has 3 nitrogen and oxygen atoms in total. The van der Waals surface area contributed by atoms with Crippen molar-refractivity contribution in [2.24, 2.45) is 5.41 Å². The number of carbonyl (C=O) groups excluding carboxylic acids is 1. The molecule has 0 aliphatic heterocycles. The SMILES string of the molecule is CC1(C)CCC(NC(=O)NCc2ccc(Cl)cc2)C1. The van der Waals surface area contributed by atoms with Gasteiger partial charge in [0.2, 0.25) is 0 Å². The van der Waals surface area contributed by atoms with Gasteiger partial charge in [-0.05, 0) is 42.4 Å². The fourth-order valence-electron chi connectivity index (χ4n) is 2.58. The molecule has 0 spiro atoms. The van der Waals surface area contributed by atoms with Gasteiger partial charge in [-0.25, -0.2) is 4.79 Å². The second kappa shape index (κ2) is 5.83. The molecule has 19 heavy (non-hydrogen) atoms. The topological polar surface area (TPSA) is 41.1 Å². The monoisotopic (exact) mass is 280 g/mol. The molecular weight excluding hydrogens is 260 g/mol. The predicted octanol–water partition coefficient (Wildman–Crippen LogP) is 3.72. The Balaban J connectivity index is 1.74. The van der Waals surface area contributed by atoms with E-state index in [-0.39, 0.29) is 6.03 Å². The van der Waals surface area contributed by atoms with Crippen LogP contribution in [0, 0.1) is 5.41 Å². The molecule has 1 unspecified atom stereocenters. The van der Waals surface area contributed by atoms with Gasteiger partial charge in [-0.1, -0.05) is 37.6 Å².